The molecule has 1 rings (SSSR count). The molecular weight excluding hydrogens is 146 g/mol. The van der Waals surface area contributed by atoms with Gasteiger partial charge in [0.2, 0.25) is 0 Å². The number of aliphatic hydroxyl groups is 1. The van der Waals surface area contributed by atoms with Gasteiger partial charge in [-0.1, -0.05) is 0 Å². The molecule has 0 saturated carbocycles. The lowest BCUT2D eigenvalue weighted by Crippen LogP contribution is -3.10. The first kappa shape index (κ1) is 8.89. The minimum absolute atomic E-state index is 0.143. The van der Waals surface area contributed by atoms with E-state index in [-0.39, 0.29) is 6.61 Å². The van der Waals surface area contributed by atoms with Crippen LogP contribution in [0.2, 0.25) is 0 Å². The first-order chi connectivity index (χ1) is 5.33. The molecule has 0 amide bonds. The molecule has 1 heterocycles. The highest BCUT2D eigenvalue weighted by Crippen LogP contribution is 1.81. The van der Waals surface area contributed by atoms with Crippen LogP contribution in [-0.2, 0) is 0 Å². The molecule has 0 atom stereocenters. The van der Waals surface area contributed by atoms with Crippen LogP contribution in [0.15, 0.2) is 0 Å². The van der Waals surface area contributed by atoms with Crippen molar-refractivity contribution in [3.63, 3.8) is 0 Å². The first-order valence-electron chi connectivity index (χ1n) is 3.94. The van der Waals surface area contributed by atoms with E-state index in [1.54, 1.807) is 0 Å². The molecular formula is C6H15N3O2. The molecule has 0 radical (unpaired) electrons. The van der Waals surface area contributed by atoms with Crippen LogP contribution in [0.4, 0.5) is 0 Å². The van der Waals surface area contributed by atoms with Gasteiger partial charge in [0.1, 0.15) is 0 Å². The summed E-state index contributed by atoms with van der Waals surface area (Å²) in [5.74, 6) is 0. The van der Waals surface area contributed by atoms with Crippen LogP contribution in [0.3, 0.4) is 0 Å². The summed E-state index contributed by atoms with van der Waals surface area (Å²) in [6.07, 6.45) is 0. The van der Waals surface area contributed by atoms with Crippen LogP contribution in [0.25, 0.3) is 0 Å². The topological polar surface area (TPSA) is 63.0 Å². The number of quaternary nitrogens is 1. The van der Waals surface area contributed by atoms with Crippen LogP contribution < -0.4 is 10.5 Å². The molecule has 5 heteroatoms. The van der Waals surface area contributed by atoms with Crippen LogP contribution in [0, 0.1) is 5.21 Å². The minimum Gasteiger partial charge on any atom is -0.634 e. The van der Waals surface area contributed by atoms with Gasteiger partial charge in [0.25, 0.3) is 0 Å². The van der Waals surface area contributed by atoms with Crippen molar-refractivity contribution in [2.45, 2.75) is 0 Å². The Bertz CT molecular complexity index is 101. The zero-order valence-electron chi connectivity index (χ0n) is 6.55. The number of piperazine rings is 1. The monoisotopic (exact) mass is 161 g/mol. The predicted molar refractivity (Wildman–Crippen MR) is 40.7 cm³/mol. The van der Waals surface area contributed by atoms with Gasteiger partial charge in [-0.3, -0.25) is 5.43 Å². The van der Waals surface area contributed by atoms with Gasteiger partial charge in [0.15, 0.2) is 0 Å². The standard InChI is InChI=1S/C6H15N3O2/c10-6-1-7-8-2-4-9(11)5-3-8/h7,9-10H,1-6H2. The molecule has 66 valence electrons. The summed E-state index contributed by atoms with van der Waals surface area (Å²) in [5.41, 5.74) is 3.02. The summed E-state index contributed by atoms with van der Waals surface area (Å²) < 4.78 is 0. The molecule has 0 aliphatic carbocycles. The number of hydrogen-bond acceptors (Lipinski definition) is 4. The Balaban J connectivity index is 2.07. The maximum Gasteiger partial charge on any atom is 0.0912 e. The molecule has 0 aromatic carbocycles. The Labute approximate surface area is 66.1 Å². The van der Waals surface area contributed by atoms with Crippen molar-refractivity contribution in [2.75, 3.05) is 39.3 Å². The van der Waals surface area contributed by atoms with Crippen molar-refractivity contribution in [1.29, 1.82) is 0 Å². The number of hydroxylamine groups is 2. The summed E-state index contributed by atoms with van der Waals surface area (Å²) in [6.45, 7) is 3.55. The van der Waals surface area contributed by atoms with Gasteiger partial charge >= 0.3 is 0 Å². The Hall–Kier alpha value is -0.200. The minimum atomic E-state index is 0.143. The number of hydrogen-bond donors (Lipinski definition) is 3. The van der Waals surface area contributed by atoms with Gasteiger partial charge in [-0.25, -0.2) is 5.01 Å². The normalized spacial score (nSPS) is 22.4. The second kappa shape index (κ2) is 4.63. The number of nitrogens with one attached hydrogen (secondary N) is 2. The molecule has 1 aliphatic heterocycles. The highest BCUT2D eigenvalue weighted by molar-refractivity contribution is 4.55. The highest BCUT2D eigenvalue weighted by Gasteiger charge is 2.12. The lowest BCUT2D eigenvalue weighted by atomic mass is 10.4. The van der Waals surface area contributed by atoms with Gasteiger partial charge in [0.05, 0.1) is 32.8 Å². The van der Waals surface area contributed by atoms with E-state index < -0.39 is 0 Å². The molecule has 3 N–H and O–H groups in total. The second-order valence-corrected chi connectivity index (χ2v) is 2.66. The van der Waals surface area contributed by atoms with Gasteiger partial charge in [-0.05, 0) is 0 Å². The molecule has 0 aromatic rings. The molecule has 0 bridgehead atoms. The largest absolute Gasteiger partial charge is 0.634 e. The smallest absolute Gasteiger partial charge is 0.0912 e. The van der Waals surface area contributed by atoms with Crippen LogP contribution in [0.1, 0.15) is 0 Å². The van der Waals surface area contributed by atoms with Gasteiger partial charge in [-0.15, -0.1) is 0 Å². The Kier molecular flexibility index (Phi) is 3.74. The molecule has 1 fully saturated rings. The van der Waals surface area contributed by atoms with Crippen molar-refractivity contribution in [3.05, 3.63) is 5.21 Å². The van der Waals surface area contributed by atoms with E-state index in [9.17, 15) is 5.21 Å². The molecule has 0 spiro atoms. The number of nitrogens with zero attached hydrogens (tertiary/aromatic N) is 1. The van der Waals surface area contributed by atoms with Crippen molar-refractivity contribution >= 4 is 0 Å². The molecule has 0 unspecified atom stereocenters. The summed E-state index contributed by atoms with van der Waals surface area (Å²) in [6, 6.07) is 0. The highest BCUT2D eigenvalue weighted by atomic mass is 16.5. The maximum absolute atomic E-state index is 10.8. The zero-order chi connectivity index (χ0) is 8.10. The van der Waals surface area contributed by atoms with Gasteiger partial charge in [0, 0.05) is 6.54 Å². The predicted octanol–water partition coefficient (Wildman–Crippen LogP) is -2.82. The molecule has 11 heavy (non-hydrogen) atoms. The Morgan fingerprint density at radius 1 is 1.45 bits per heavy atom. The Morgan fingerprint density at radius 3 is 2.64 bits per heavy atom. The van der Waals surface area contributed by atoms with E-state index in [0.717, 1.165) is 13.1 Å². The number of aliphatic hydroxyl groups excluding tert-OH is 1. The SMILES string of the molecule is [O-][NH+]1CCN(NCCO)CC1. The maximum atomic E-state index is 10.8. The van der Waals surface area contributed by atoms with Gasteiger partial charge < -0.3 is 15.4 Å². The number of hydrazine groups is 1. The zero-order valence-corrected chi connectivity index (χ0v) is 6.55. The van der Waals surface area contributed by atoms with E-state index in [1.165, 1.54) is 0 Å². The fourth-order valence-corrected chi connectivity index (χ4v) is 1.12. The van der Waals surface area contributed by atoms with E-state index in [1.807, 2.05) is 5.01 Å². The first-order valence-corrected chi connectivity index (χ1v) is 3.94. The summed E-state index contributed by atoms with van der Waals surface area (Å²) >= 11 is 0. The summed E-state index contributed by atoms with van der Waals surface area (Å²) in [4.78, 5) is 0. The molecule has 0 aromatic heterocycles. The van der Waals surface area contributed by atoms with Crippen molar-refractivity contribution in [3.8, 4) is 0 Å². The van der Waals surface area contributed by atoms with Crippen molar-refractivity contribution in [1.82, 2.24) is 10.4 Å². The third-order valence-corrected chi connectivity index (χ3v) is 1.77. The van der Waals surface area contributed by atoms with E-state index >= 15 is 0 Å². The molecule has 1 saturated heterocycles. The quantitative estimate of drug-likeness (QED) is 0.391. The van der Waals surface area contributed by atoms with Crippen molar-refractivity contribution < 1.29 is 10.2 Å². The summed E-state index contributed by atoms with van der Waals surface area (Å²) in [7, 11) is 0. The van der Waals surface area contributed by atoms with Crippen molar-refractivity contribution in [2.24, 2.45) is 0 Å². The third-order valence-electron chi connectivity index (χ3n) is 1.77. The lowest BCUT2D eigenvalue weighted by Gasteiger charge is -2.34. The van der Waals surface area contributed by atoms with E-state index in [0.29, 0.717) is 24.7 Å². The van der Waals surface area contributed by atoms with Crippen LogP contribution >= 0.6 is 0 Å². The Morgan fingerprint density at radius 2 is 2.09 bits per heavy atom. The van der Waals surface area contributed by atoms with Crippen LogP contribution in [-0.4, -0.2) is 49.4 Å². The lowest BCUT2D eigenvalue weighted by molar-refractivity contribution is -0.853. The molecule has 5 nitrogen and oxygen atoms in total. The van der Waals surface area contributed by atoms with Gasteiger partial charge in [-0.2, -0.15) is 0 Å². The summed E-state index contributed by atoms with van der Waals surface area (Å²) in [5, 5.41) is 21.6. The van der Waals surface area contributed by atoms with E-state index in [2.05, 4.69) is 5.43 Å². The third kappa shape index (κ3) is 3.13. The fraction of sp³-hybridized carbons (Fsp3) is 1.00. The second-order valence-electron chi connectivity index (χ2n) is 2.66. The molecule has 1 aliphatic rings. The van der Waals surface area contributed by atoms with Crippen LogP contribution in [0.5, 0.6) is 0 Å². The number of rotatable bonds is 3. The average Bonchev–Trinajstić information content (AvgIpc) is 2.04. The average molecular weight is 161 g/mol. The van der Waals surface area contributed by atoms with E-state index in [4.69, 9.17) is 5.11 Å². The fourth-order valence-electron chi connectivity index (χ4n) is 1.12.